The zero-order chi connectivity index (χ0) is 13.0. The van der Waals surface area contributed by atoms with E-state index in [2.05, 4.69) is 17.6 Å². The maximum absolute atomic E-state index is 5.69. The summed E-state index contributed by atoms with van der Waals surface area (Å²) in [5, 5.41) is 0. The van der Waals surface area contributed by atoms with Gasteiger partial charge >= 0.3 is 0 Å². The number of aryl methyl sites for hydroxylation is 1. The maximum Gasteiger partial charge on any atom is 0.124 e. The van der Waals surface area contributed by atoms with Crippen molar-refractivity contribution in [2.75, 3.05) is 13.7 Å². The molecule has 0 amide bonds. The fourth-order valence-corrected chi connectivity index (χ4v) is 2.18. The smallest absolute Gasteiger partial charge is 0.124 e. The molecule has 0 aromatic heterocycles. The van der Waals surface area contributed by atoms with Crippen LogP contribution in [0.3, 0.4) is 0 Å². The number of hydrogen-bond acceptors (Lipinski definition) is 4. The van der Waals surface area contributed by atoms with Crippen LogP contribution in [0.25, 0.3) is 0 Å². The molecule has 0 bridgehead atoms. The quantitative estimate of drug-likeness (QED) is 0.633. The van der Waals surface area contributed by atoms with Crippen LogP contribution in [0.2, 0.25) is 0 Å². The lowest BCUT2D eigenvalue weighted by atomic mass is 10.0. The molecule has 3 N–H and O–H groups in total. The summed E-state index contributed by atoms with van der Waals surface area (Å²) in [6, 6.07) is 5.90. The Hall–Kier alpha value is -1.52. The molecule has 1 aliphatic rings. The van der Waals surface area contributed by atoms with E-state index in [-0.39, 0.29) is 6.04 Å². The molecule has 1 heterocycles. The Morgan fingerprint density at radius 3 is 2.89 bits per heavy atom. The van der Waals surface area contributed by atoms with Crippen molar-refractivity contribution in [1.29, 1.82) is 0 Å². The first-order chi connectivity index (χ1) is 8.76. The first-order valence-electron chi connectivity index (χ1n) is 6.19. The van der Waals surface area contributed by atoms with E-state index < -0.39 is 0 Å². The molecule has 0 aliphatic carbocycles. The molecule has 0 fully saturated rings. The Labute approximate surface area is 108 Å². The summed E-state index contributed by atoms with van der Waals surface area (Å²) in [4.78, 5) is 0. The van der Waals surface area contributed by atoms with E-state index in [4.69, 9.17) is 15.3 Å². The SMILES string of the molecule is COc1ccc(C)cc1C(NN)C1=CCCCO1. The van der Waals surface area contributed by atoms with Crippen LogP contribution in [0, 0.1) is 6.92 Å². The van der Waals surface area contributed by atoms with Crippen LogP contribution in [-0.2, 0) is 4.74 Å². The number of hydrazine groups is 1. The van der Waals surface area contributed by atoms with Gasteiger partial charge in [-0.05, 0) is 31.9 Å². The molecule has 0 saturated heterocycles. The van der Waals surface area contributed by atoms with Crippen LogP contribution < -0.4 is 16.0 Å². The number of ether oxygens (including phenoxy) is 2. The van der Waals surface area contributed by atoms with Gasteiger partial charge < -0.3 is 9.47 Å². The summed E-state index contributed by atoms with van der Waals surface area (Å²) in [7, 11) is 1.66. The Morgan fingerprint density at radius 1 is 1.44 bits per heavy atom. The van der Waals surface area contributed by atoms with Gasteiger partial charge in [-0.2, -0.15) is 0 Å². The van der Waals surface area contributed by atoms with Crippen molar-refractivity contribution in [1.82, 2.24) is 5.43 Å². The van der Waals surface area contributed by atoms with Gasteiger partial charge in [0.05, 0.1) is 13.7 Å². The van der Waals surface area contributed by atoms with Gasteiger partial charge in [0.25, 0.3) is 0 Å². The molecule has 0 saturated carbocycles. The predicted octanol–water partition coefficient (Wildman–Crippen LogP) is 2.20. The molecule has 18 heavy (non-hydrogen) atoms. The maximum atomic E-state index is 5.69. The Balaban J connectivity index is 2.37. The Bertz CT molecular complexity index is 443. The van der Waals surface area contributed by atoms with Crippen LogP contribution in [0.1, 0.15) is 30.0 Å². The van der Waals surface area contributed by atoms with E-state index in [9.17, 15) is 0 Å². The van der Waals surface area contributed by atoms with Crippen LogP contribution in [0.5, 0.6) is 5.75 Å². The van der Waals surface area contributed by atoms with E-state index in [0.717, 1.165) is 36.5 Å². The third-order valence-corrected chi connectivity index (χ3v) is 3.11. The van der Waals surface area contributed by atoms with Crippen molar-refractivity contribution >= 4 is 0 Å². The highest BCUT2D eigenvalue weighted by Crippen LogP contribution is 2.32. The van der Waals surface area contributed by atoms with Crippen LogP contribution in [-0.4, -0.2) is 13.7 Å². The molecule has 98 valence electrons. The molecular formula is C14H20N2O2. The number of methoxy groups -OCH3 is 1. The van der Waals surface area contributed by atoms with Crippen LogP contribution in [0.4, 0.5) is 0 Å². The van der Waals surface area contributed by atoms with Crippen molar-refractivity contribution in [3.8, 4) is 5.75 Å². The van der Waals surface area contributed by atoms with Gasteiger partial charge in [0.2, 0.25) is 0 Å². The molecule has 1 aromatic rings. The molecule has 0 radical (unpaired) electrons. The summed E-state index contributed by atoms with van der Waals surface area (Å²) >= 11 is 0. The normalized spacial score (nSPS) is 16.7. The summed E-state index contributed by atoms with van der Waals surface area (Å²) in [5.74, 6) is 7.38. The van der Waals surface area contributed by atoms with Crippen molar-refractivity contribution in [3.05, 3.63) is 41.2 Å². The second kappa shape index (κ2) is 5.89. The van der Waals surface area contributed by atoms with Gasteiger partial charge in [-0.25, -0.2) is 5.43 Å². The number of rotatable bonds is 4. The zero-order valence-corrected chi connectivity index (χ0v) is 10.9. The first-order valence-corrected chi connectivity index (χ1v) is 6.19. The Morgan fingerprint density at radius 2 is 2.28 bits per heavy atom. The molecule has 2 rings (SSSR count). The minimum absolute atomic E-state index is 0.153. The summed E-state index contributed by atoms with van der Waals surface area (Å²) < 4.78 is 11.1. The average Bonchev–Trinajstić information content (AvgIpc) is 2.41. The fourth-order valence-electron chi connectivity index (χ4n) is 2.18. The lowest BCUT2D eigenvalue weighted by molar-refractivity contribution is 0.167. The second-order valence-electron chi connectivity index (χ2n) is 4.44. The van der Waals surface area contributed by atoms with E-state index in [0.29, 0.717) is 0 Å². The van der Waals surface area contributed by atoms with E-state index in [1.165, 1.54) is 5.56 Å². The second-order valence-corrected chi connectivity index (χ2v) is 4.44. The molecular weight excluding hydrogens is 228 g/mol. The number of nitrogens with two attached hydrogens (primary N) is 1. The van der Waals surface area contributed by atoms with Crippen LogP contribution >= 0.6 is 0 Å². The summed E-state index contributed by atoms with van der Waals surface area (Å²) in [5.41, 5.74) is 4.99. The van der Waals surface area contributed by atoms with Gasteiger partial charge in [-0.15, -0.1) is 0 Å². The Kier molecular flexibility index (Phi) is 4.23. The van der Waals surface area contributed by atoms with Crippen molar-refractivity contribution < 1.29 is 9.47 Å². The van der Waals surface area contributed by atoms with Crippen molar-refractivity contribution in [2.24, 2.45) is 5.84 Å². The van der Waals surface area contributed by atoms with Gasteiger partial charge in [-0.1, -0.05) is 17.7 Å². The molecule has 1 aliphatic heterocycles. The third kappa shape index (κ3) is 2.66. The lowest BCUT2D eigenvalue weighted by Crippen LogP contribution is -2.31. The van der Waals surface area contributed by atoms with Gasteiger partial charge in [-0.3, -0.25) is 5.84 Å². The van der Waals surface area contributed by atoms with E-state index >= 15 is 0 Å². The topological polar surface area (TPSA) is 56.5 Å². The third-order valence-electron chi connectivity index (χ3n) is 3.11. The zero-order valence-electron chi connectivity index (χ0n) is 10.9. The van der Waals surface area contributed by atoms with Gasteiger partial charge in [0.15, 0.2) is 0 Å². The van der Waals surface area contributed by atoms with Crippen molar-refractivity contribution in [2.45, 2.75) is 25.8 Å². The van der Waals surface area contributed by atoms with Crippen LogP contribution in [0.15, 0.2) is 30.0 Å². The standard InChI is InChI=1S/C14H20N2O2/c1-10-6-7-12(17-2)11(9-10)14(16-15)13-5-3-4-8-18-13/h5-7,9,14,16H,3-4,8,15H2,1-2H3. The minimum atomic E-state index is -0.153. The highest BCUT2D eigenvalue weighted by Gasteiger charge is 2.22. The molecule has 4 nitrogen and oxygen atoms in total. The van der Waals surface area contributed by atoms with Crippen molar-refractivity contribution in [3.63, 3.8) is 0 Å². The van der Waals surface area contributed by atoms with Gasteiger partial charge in [0.1, 0.15) is 17.6 Å². The fraction of sp³-hybridized carbons (Fsp3) is 0.429. The molecule has 0 spiro atoms. The van der Waals surface area contributed by atoms with E-state index in [1.54, 1.807) is 7.11 Å². The molecule has 1 aromatic carbocycles. The number of benzene rings is 1. The first kappa shape index (κ1) is 12.9. The molecule has 1 unspecified atom stereocenters. The predicted molar refractivity (Wildman–Crippen MR) is 71.1 cm³/mol. The lowest BCUT2D eigenvalue weighted by Gasteiger charge is -2.25. The monoisotopic (exact) mass is 248 g/mol. The molecule has 4 heteroatoms. The number of hydrogen-bond donors (Lipinski definition) is 2. The van der Waals surface area contributed by atoms with E-state index in [1.807, 2.05) is 19.1 Å². The summed E-state index contributed by atoms with van der Waals surface area (Å²) in [6.07, 6.45) is 4.18. The largest absolute Gasteiger partial charge is 0.496 e. The minimum Gasteiger partial charge on any atom is -0.496 e. The van der Waals surface area contributed by atoms with Gasteiger partial charge in [0, 0.05) is 5.56 Å². The highest BCUT2D eigenvalue weighted by molar-refractivity contribution is 5.42. The highest BCUT2D eigenvalue weighted by atomic mass is 16.5. The molecule has 1 atom stereocenters. The number of allylic oxidation sites excluding steroid dienone is 1. The average molecular weight is 248 g/mol. The summed E-state index contributed by atoms with van der Waals surface area (Å²) in [6.45, 7) is 2.80. The number of nitrogens with one attached hydrogen (secondary N) is 1.